The van der Waals surface area contributed by atoms with Gasteiger partial charge in [0.2, 0.25) is 0 Å². The van der Waals surface area contributed by atoms with Crippen LogP contribution in [0.3, 0.4) is 0 Å². The Morgan fingerprint density at radius 2 is 0.458 bits per heavy atom. The Labute approximate surface area is 187 Å². The first-order valence-corrected chi connectivity index (χ1v) is 9.42. The molecular weight excluding hydrogens is 523 g/mol. The van der Waals surface area contributed by atoms with Crippen LogP contribution >= 0.6 is 116 Å². The second kappa shape index (κ2) is 8.28. The van der Waals surface area contributed by atoms with Crippen molar-refractivity contribution in [3.63, 3.8) is 0 Å². The molecule has 0 nitrogen and oxygen atoms in total. The van der Waals surface area contributed by atoms with Crippen LogP contribution in [0.5, 0.6) is 0 Å². The normalized spacial score (nSPS) is 10.6. The monoisotopic (exact) mass is 518 g/mol. The molecule has 2 aromatic rings. The maximum Gasteiger partial charge on any atom is 0.0809 e. The van der Waals surface area contributed by atoms with Gasteiger partial charge in [0, 0.05) is 0 Å². The van der Waals surface area contributed by atoms with Gasteiger partial charge in [-0.25, -0.2) is 0 Å². The van der Waals surface area contributed by atoms with Gasteiger partial charge >= 0.3 is 0 Å². The molecule has 0 N–H and O–H groups in total. The highest BCUT2D eigenvalue weighted by Crippen LogP contribution is 2.45. The lowest BCUT2D eigenvalue weighted by Gasteiger charge is -2.09. The third-order valence-corrected chi connectivity index (χ3v) is 7.29. The van der Waals surface area contributed by atoms with E-state index in [2.05, 4.69) is 11.8 Å². The Balaban J connectivity index is 2.74. The van der Waals surface area contributed by atoms with Gasteiger partial charge in [-0.05, 0) is 0 Å². The molecule has 24 heavy (non-hydrogen) atoms. The summed E-state index contributed by atoms with van der Waals surface area (Å²) in [5, 5.41) is 0.221. The van der Waals surface area contributed by atoms with Crippen molar-refractivity contribution in [2.45, 2.75) is 0 Å². The second-order valence-corrected chi connectivity index (χ2v) is 7.92. The first-order chi connectivity index (χ1) is 11.1. The first kappa shape index (κ1) is 21.2. The fourth-order valence-corrected chi connectivity index (χ4v) is 4.02. The number of hydrogen-bond donors (Lipinski definition) is 0. The molecule has 2 aromatic carbocycles. The van der Waals surface area contributed by atoms with Crippen molar-refractivity contribution in [3.05, 3.63) is 61.4 Å². The van der Waals surface area contributed by atoms with Crippen LogP contribution in [0.2, 0.25) is 50.2 Å². The Kier molecular flexibility index (Phi) is 7.32. The Morgan fingerprint density at radius 3 is 0.667 bits per heavy atom. The van der Waals surface area contributed by atoms with Crippen molar-refractivity contribution in [3.8, 4) is 11.8 Å². The minimum absolute atomic E-state index is 0.0152. The molecule has 0 atom stereocenters. The van der Waals surface area contributed by atoms with Gasteiger partial charge in [-0.15, -0.1) is 0 Å². The summed E-state index contributed by atoms with van der Waals surface area (Å²) in [6, 6.07) is 0. The number of rotatable bonds is 0. The summed E-state index contributed by atoms with van der Waals surface area (Å²) < 4.78 is 0. The van der Waals surface area contributed by atoms with Crippen LogP contribution in [0.1, 0.15) is 11.1 Å². The van der Waals surface area contributed by atoms with E-state index in [1.165, 1.54) is 0 Å². The third kappa shape index (κ3) is 3.78. The van der Waals surface area contributed by atoms with Crippen molar-refractivity contribution >= 4 is 116 Å². The van der Waals surface area contributed by atoms with Gasteiger partial charge in [0.25, 0.3) is 0 Å². The van der Waals surface area contributed by atoms with Gasteiger partial charge in [0.15, 0.2) is 0 Å². The van der Waals surface area contributed by atoms with Gasteiger partial charge < -0.3 is 0 Å². The van der Waals surface area contributed by atoms with Gasteiger partial charge in [-0.2, -0.15) is 0 Å². The fraction of sp³-hybridized carbons (Fsp3) is 0. The highest BCUT2D eigenvalue weighted by molar-refractivity contribution is 6.56. The predicted octanol–water partition coefficient (Wildman–Crippen LogP) is 9.62. The molecule has 10 heteroatoms. The lowest BCUT2D eigenvalue weighted by atomic mass is 10.1. The number of halogens is 10. The van der Waals surface area contributed by atoms with Crippen LogP contribution in [-0.4, -0.2) is 0 Å². The fourth-order valence-electron chi connectivity index (χ4n) is 1.55. The molecule has 0 radical (unpaired) electrons. The van der Waals surface area contributed by atoms with Crippen LogP contribution in [0, 0.1) is 11.8 Å². The zero-order chi connectivity index (χ0) is 18.3. The maximum atomic E-state index is 6.11. The topological polar surface area (TPSA) is 0 Å². The molecule has 0 saturated carbocycles. The Bertz CT molecular complexity index is 788. The average Bonchev–Trinajstić information content (AvgIpc) is 2.57. The van der Waals surface area contributed by atoms with Gasteiger partial charge in [0.1, 0.15) is 0 Å². The van der Waals surface area contributed by atoms with E-state index in [-0.39, 0.29) is 61.4 Å². The summed E-state index contributed by atoms with van der Waals surface area (Å²) in [7, 11) is 0. The molecule has 0 bridgehead atoms. The molecule has 0 unspecified atom stereocenters. The molecule has 0 spiro atoms. The number of benzene rings is 2. The molecule has 0 aliphatic rings. The van der Waals surface area contributed by atoms with Crippen molar-refractivity contribution in [1.29, 1.82) is 0 Å². The molecule has 0 amide bonds. The average molecular weight is 523 g/mol. The van der Waals surface area contributed by atoms with Gasteiger partial charge in [-0.1, -0.05) is 128 Å². The molecule has 0 heterocycles. The number of hydrogen-bond acceptors (Lipinski definition) is 0. The summed E-state index contributed by atoms with van der Waals surface area (Å²) in [6.07, 6.45) is 0. The van der Waals surface area contributed by atoms with E-state index in [1.54, 1.807) is 0 Å². The Morgan fingerprint density at radius 1 is 0.292 bits per heavy atom. The van der Waals surface area contributed by atoms with E-state index < -0.39 is 0 Å². The van der Waals surface area contributed by atoms with Gasteiger partial charge in [-0.3, -0.25) is 0 Å². The molecule has 0 aromatic heterocycles. The molecule has 126 valence electrons. The van der Waals surface area contributed by atoms with Crippen LogP contribution in [0.15, 0.2) is 0 Å². The van der Waals surface area contributed by atoms with E-state index >= 15 is 0 Å². The summed E-state index contributed by atoms with van der Waals surface area (Å²) in [5.74, 6) is 5.38. The van der Waals surface area contributed by atoms with Crippen molar-refractivity contribution in [2.75, 3.05) is 0 Å². The van der Waals surface area contributed by atoms with Crippen LogP contribution < -0.4 is 0 Å². The molecule has 0 saturated heterocycles. The second-order valence-electron chi connectivity index (χ2n) is 4.14. The molecular formula is C14Cl10. The van der Waals surface area contributed by atoms with E-state index in [9.17, 15) is 0 Å². The van der Waals surface area contributed by atoms with Crippen LogP contribution in [0.25, 0.3) is 0 Å². The van der Waals surface area contributed by atoms with Crippen LogP contribution in [-0.2, 0) is 0 Å². The van der Waals surface area contributed by atoms with Crippen molar-refractivity contribution in [2.24, 2.45) is 0 Å². The molecule has 0 fully saturated rings. The van der Waals surface area contributed by atoms with E-state index in [1.807, 2.05) is 0 Å². The molecule has 0 aliphatic carbocycles. The molecule has 0 aliphatic heterocycles. The minimum Gasteiger partial charge on any atom is -0.0812 e. The first-order valence-electron chi connectivity index (χ1n) is 5.64. The third-order valence-electron chi connectivity index (χ3n) is 2.73. The van der Waals surface area contributed by atoms with E-state index in [0.29, 0.717) is 0 Å². The van der Waals surface area contributed by atoms with Crippen LogP contribution in [0.4, 0.5) is 0 Å². The highest BCUT2D eigenvalue weighted by atomic mass is 35.5. The van der Waals surface area contributed by atoms with Crippen molar-refractivity contribution in [1.82, 2.24) is 0 Å². The Hall–Kier alpha value is 0.900. The quantitative estimate of drug-likeness (QED) is 0.184. The van der Waals surface area contributed by atoms with Gasteiger partial charge in [0.05, 0.1) is 61.4 Å². The minimum atomic E-state index is 0.0152. The summed E-state index contributed by atoms with van der Waals surface area (Å²) in [4.78, 5) is 0. The SMILES string of the molecule is Clc1c(Cl)c(Cl)c(C#Cc2c(Cl)c(Cl)c(Cl)c(Cl)c2Cl)c(Cl)c1Cl. The van der Waals surface area contributed by atoms with E-state index in [4.69, 9.17) is 116 Å². The highest BCUT2D eigenvalue weighted by Gasteiger charge is 2.20. The summed E-state index contributed by atoms with van der Waals surface area (Å²) >= 11 is 60.2. The smallest absolute Gasteiger partial charge is 0.0809 e. The summed E-state index contributed by atoms with van der Waals surface area (Å²) in [6.45, 7) is 0. The lowest BCUT2D eigenvalue weighted by molar-refractivity contribution is 1.61. The standard InChI is InChI=1S/C14Cl10/c15-5-3(6(16)10(20)13(23)9(5)19)1-2-4-7(17)11(21)14(24)12(22)8(4)18. The molecule has 2 rings (SSSR count). The largest absolute Gasteiger partial charge is 0.0812 e. The zero-order valence-corrected chi connectivity index (χ0v) is 18.3. The van der Waals surface area contributed by atoms with Crippen molar-refractivity contribution < 1.29 is 0 Å². The zero-order valence-electron chi connectivity index (χ0n) is 10.8. The maximum absolute atomic E-state index is 6.11. The lowest BCUT2D eigenvalue weighted by Crippen LogP contribution is -1.88. The predicted molar refractivity (Wildman–Crippen MR) is 109 cm³/mol. The van der Waals surface area contributed by atoms with E-state index in [0.717, 1.165) is 0 Å². The summed E-state index contributed by atoms with van der Waals surface area (Å²) in [5.41, 5.74) is 0.291.